The van der Waals surface area contributed by atoms with E-state index in [1.165, 1.54) is 0 Å². The van der Waals surface area contributed by atoms with Gasteiger partial charge in [-0.05, 0) is 47.7 Å². The van der Waals surface area contributed by atoms with Gasteiger partial charge in [-0.15, -0.1) is 0 Å². The SMILES string of the molecule is O=C1S/C(=C\c2ccc(-c3ccc(Br)cc3)o2)C(=O)N1Cc1cc2c(cc1Cl)OCO2. The summed E-state index contributed by atoms with van der Waals surface area (Å²) in [6.45, 7) is 0.157. The number of amides is 2. The van der Waals surface area contributed by atoms with Gasteiger partial charge >= 0.3 is 0 Å². The van der Waals surface area contributed by atoms with E-state index in [0.29, 0.717) is 38.5 Å². The van der Waals surface area contributed by atoms with Crippen LogP contribution in [0.1, 0.15) is 11.3 Å². The maximum absolute atomic E-state index is 12.9. The maximum atomic E-state index is 12.9. The second-order valence-electron chi connectivity index (χ2n) is 6.77. The number of benzene rings is 2. The molecule has 0 bridgehead atoms. The summed E-state index contributed by atoms with van der Waals surface area (Å²) in [6.07, 6.45) is 1.58. The largest absolute Gasteiger partial charge is 0.457 e. The van der Waals surface area contributed by atoms with Crippen molar-refractivity contribution in [2.45, 2.75) is 6.54 Å². The summed E-state index contributed by atoms with van der Waals surface area (Å²) in [7, 11) is 0. The molecular weight excluding hydrogens is 506 g/mol. The van der Waals surface area contributed by atoms with Crippen LogP contribution >= 0.6 is 39.3 Å². The normalized spacial score (nSPS) is 16.6. The summed E-state index contributed by atoms with van der Waals surface area (Å²) in [4.78, 5) is 26.8. The highest BCUT2D eigenvalue weighted by Crippen LogP contribution is 2.39. The van der Waals surface area contributed by atoms with Gasteiger partial charge in [0.2, 0.25) is 6.79 Å². The summed E-state index contributed by atoms with van der Waals surface area (Å²) >= 11 is 10.6. The molecule has 5 rings (SSSR count). The van der Waals surface area contributed by atoms with Gasteiger partial charge in [0.15, 0.2) is 11.5 Å². The molecule has 9 heteroatoms. The number of ether oxygens (including phenoxy) is 2. The molecule has 0 aliphatic carbocycles. The van der Waals surface area contributed by atoms with Crippen molar-refractivity contribution in [1.29, 1.82) is 0 Å². The second kappa shape index (κ2) is 8.11. The Morgan fingerprint density at radius 3 is 2.58 bits per heavy atom. The minimum atomic E-state index is -0.398. The Labute approximate surface area is 194 Å². The van der Waals surface area contributed by atoms with Crippen LogP contribution in [0.4, 0.5) is 4.79 Å². The highest BCUT2D eigenvalue weighted by Gasteiger charge is 2.36. The minimum absolute atomic E-state index is 0.0414. The molecule has 0 unspecified atom stereocenters. The third-order valence-corrected chi connectivity index (χ3v) is 6.56. The number of carbonyl (C=O) groups excluding carboxylic acids is 2. The van der Waals surface area contributed by atoms with Gasteiger partial charge in [0.25, 0.3) is 11.1 Å². The lowest BCUT2D eigenvalue weighted by Gasteiger charge is -2.14. The summed E-state index contributed by atoms with van der Waals surface area (Å²) < 4.78 is 17.5. The molecule has 2 amide bonds. The fourth-order valence-corrected chi connectivity index (χ4v) is 4.51. The van der Waals surface area contributed by atoms with Gasteiger partial charge in [0.1, 0.15) is 11.5 Å². The predicted molar refractivity (Wildman–Crippen MR) is 121 cm³/mol. The first kappa shape index (κ1) is 20.2. The van der Waals surface area contributed by atoms with E-state index in [0.717, 1.165) is 26.7 Å². The van der Waals surface area contributed by atoms with Crippen molar-refractivity contribution in [3.05, 3.63) is 74.3 Å². The van der Waals surface area contributed by atoms with E-state index in [9.17, 15) is 9.59 Å². The van der Waals surface area contributed by atoms with Crippen molar-refractivity contribution in [2.24, 2.45) is 0 Å². The number of halogens is 2. The van der Waals surface area contributed by atoms with E-state index >= 15 is 0 Å². The third kappa shape index (κ3) is 3.98. The molecule has 0 spiro atoms. The van der Waals surface area contributed by atoms with Crippen LogP contribution in [0.25, 0.3) is 17.4 Å². The van der Waals surface area contributed by atoms with E-state index in [1.807, 2.05) is 30.3 Å². The average Bonchev–Trinajstić information content (AvgIpc) is 3.45. The molecule has 2 aromatic carbocycles. The van der Waals surface area contributed by atoms with Crippen LogP contribution in [0, 0.1) is 0 Å². The van der Waals surface area contributed by atoms with Crippen molar-refractivity contribution in [1.82, 2.24) is 4.90 Å². The number of fused-ring (bicyclic) bond motifs is 1. The Morgan fingerprint density at radius 2 is 1.81 bits per heavy atom. The molecule has 2 aliphatic heterocycles. The first-order chi connectivity index (χ1) is 15.0. The smallest absolute Gasteiger partial charge is 0.293 e. The van der Waals surface area contributed by atoms with Gasteiger partial charge in [-0.3, -0.25) is 14.5 Å². The molecule has 3 heterocycles. The van der Waals surface area contributed by atoms with Crippen molar-refractivity contribution < 1.29 is 23.5 Å². The maximum Gasteiger partial charge on any atom is 0.293 e. The van der Waals surface area contributed by atoms with E-state index in [2.05, 4.69) is 15.9 Å². The van der Waals surface area contributed by atoms with Gasteiger partial charge in [-0.25, -0.2) is 0 Å². The first-order valence-electron chi connectivity index (χ1n) is 9.17. The number of hydrogen-bond acceptors (Lipinski definition) is 6. The van der Waals surface area contributed by atoms with Gasteiger partial charge in [0.05, 0.1) is 11.4 Å². The van der Waals surface area contributed by atoms with Gasteiger partial charge in [-0.1, -0.05) is 39.7 Å². The van der Waals surface area contributed by atoms with E-state index in [-0.39, 0.29) is 18.6 Å². The van der Waals surface area contributed by atoms with Crippen molar-refractivity contribution >= 4 is 56.5 Å². The summed E-state index contributed by atoms with van der Waals surface area (Å²) in [5.74, 6) is 1.85. The molecule has 1 aromatic heterocycles. The van der Waals surface area contributed by atoms with E-state index in [1.54, 1.807) is 24.3 Å². The van der Waals surface area contributed by atoms with Crippen LogP contribution < -0.4 is 9.47 Å². The topological polar surface area (TPSA) is 69.0 Å². The number of imide groups is 1. The molecule has 1 fully saturated rings. The Bertz CT molecular complexity index is 1240. The number of rotatable bonds is 4. The minimum Gasteiger partial charge on any atom is -0.457 e. The Balaban J connectivity index is 1.36. The van der Waals surface area contributed by atoms with Crippen LogP contribution in [0.2, 0.25) is 5.02 Å². The van der Waals surface area contributed by atoms with Crippen molar-refractivity contribution in [3.8, 4) is 22.8 Å². The summed E-state index contributed by atoms with van der Waals surface area (Å²) in [5, 5.41) is 0.0297. The third-order valence-electron chi connectivity index (χ3n) is 4.77. The molecule has 0 N–H and O–H groups in total. The van der Waals surface area contributed by atoms with E-state index in [4.69, 9.17) is 25.5 Å². The van der Waals surface area contributed by atoms with Crippen molar-refractivity contribution in [3.63, 3.8) is 0 Å². The van der Waals surface area contributed by atoms with Gasteiger partial charge in [0, 0.05) is 27.2 Å². The number of carbonyl (C=O) groups is 2. The van der Waals surface area contributed by atoms with Crippen LogP contribution in [0.15, 0.2) is 62.3 Å². The molecule has 0 atom stereocenters. The van der Waals surface area contributed by atoms with Crippen LogP contribution in [0.5, 0.6) is 11.5 Å². The second-order valence-corrected chi connectivity index (χ2v) is 9.09. The zero-order valence-corrected chi connectivity index (χ0v) is 18.9. The van der Waals surface area contributed by atoms with Gasteiger partial charge < -0.3 is 13.9 Å². The standard InChI is InChI=1S/C22H13BrClNO5S/c23-14-3-1-12(2-4-14)17-6-5-15(30-17)8-20-21(26)25(22(27)31-20)10-13-7-18-19(9-16(13)24)29-11-28-18/h1-9H,10-11H2/b20-8-. The number of nitrogens with zero attached hydrogens (tertiary/aromatic N) is 1. The highest BCUT2D eigenvalue weighted by molar-refractivity contribution is 9.10. The zero-order chi connectivity index (χ0) is 21.5. The Kier molecular flexibility index (Phi) is 5.29. The summed E-state index contributed by atoms with van der Waals surface area (Å²) in [6, 6.07) is 14.6. The summed E-state index contributed by atoms with van der Waals surface area (Å²) in [5.41, 5.74) is 1.51. The fraction of sp³-hybridized carbons (Fsp3) is 0.0909. The lowest BCUT2D eigenvalue weighted by Crippen LogP contribution is -2.27. The lowest BCUT2D eigenvalue weighted by atomic mass is 10.2. The number of furan rings is 1. The number of thioether (sulfide) groups is 1. The average molecular weight is 519 g/mol. The fourth-order valence-electron chi connectivity index (χ4n) is 3.22. The monoisotopic (exact) mass is 517 g/mol. The molecule has 0 radical (unpaired) electrons. The molecule has 1 saturated heterocycles. The van der Waals surface area contributed by atoms with E-state index < -0.39 is 5.91 Å². The molecule has 3 aromatic rings. The molecular formula is C22H13BrClNO5S. The first-order valence-corrected chi connectivity index (χ1v) is 11.2. The quantitative estimate of drug-likeness (QED) is 0.376. The molecule has 156 valence electrons. The van der Waals surface area contributed by atoms with Crippen LogP contribution in [0.3, 0.4) is 0 Å². The molecule has 0 saturated carbocycles. The van der Waals surface area contributed by atoms with Crippen LogP contribution in [-0.2, 0) is 11.3 Å². The molecule has 6 nitrogen and oxygen atoms in total. The predicted octanol–water partition coefficient (Wildman–Crippen LogP) is 6.33. The zero-order valence-electron chi connectivity index (χ0n) is 15.8. The highest BCUT2D eigenvalue weighted by atomic mass is 79.9. The van der Waals surface area contributed by atoms with Crippen LogP contribution in [-0.4, -0.2) is 22.8 Å². The number of hydrogen-bond donors (Lipinski definition) is 0. The molecule has 2 aliphatic rings. The van der Waals surface area contributed by atoms with Crippen molar-refractivity contribution in [2.75, 3.05) is 6.79 Å². The Hall–Kier alpha value is -2.68. The lowest BCUT2D eigenvalue weighted by molar-refractivity contribution is -0.123. The Morgan fingerprint density at radius 1 is 1.06 bits per heavy atom. The van der Waals surface area contributed by atoms with Gasteiger partial charge in [-0.2, -0.15) is 0 Å². The molecule has 31 heavy (non-hydrogen) atoms.